The first kappa shape index (κ1) is 25.4. The number of nitrogen functional groups attached to an aromatic ring is 1. The Bertz CT molecular complexity index is 1630. The lowest BCUT2D eigenvalue weighted by atomic mass is 9.71. The molecule has 4 heterocycles. The van der Waals surface area contributed by atoms with E-state index in [4.69, 9.17) is 15.5 Å². The normalized spacial score (nSPS) is 17.0. The van der Waals surface area contributed by atoms with Gasteiger partial charge in [-0.15, -0.1) is 0 Å². The number of nitrogens with zero attached hydrogens (tertiary/aromatic N) is 3. The van der Waals surface area contributed by atoms with Gasteiger partial charge in [0.15, 0.2) is 0 Å². The first-order valence-electron chi connectivity index (χ1n) is 11.9. The van der Waals surface area contributed by atoms with Crippen molar-refractivity contribution in [3.63, 3.8) is 0 Å². The molecule has 202 valence electrons. The highest BCUT2D eigenvalue weighted by atomic mass is 19.4. The molecule has 2 aromatic carbocycles. The smallest absolute Gasteiger partial charge is 0.393 e. The molecule has 4 aromatic rings. The second-order valence-electron chi connectivity index (χ2n) is 9.70. The van der Waals surface area contributed by atoms with Crippen molar-refractivity contribution in [1.29, 1.82) is 0 Å². The third kappa shape index (κ3) is 3.89. The summed E-state index contributed by atoms with van der Waals surface area (Å²) in [5.41, 5.74) is 4.86. The van der Waals surface area contributed by atoms with E-state index in [0.29, 0.717) is 47.6 Å². The number of hydrogen-bond donors (Lipinski definition) is 2. The third-order valence-corrected chi connectivity index (χ3v) is 7.33. The Balaban J connectivity index is 1.41. The molecule has 0 spiro atoms. The van der Waals surface area contributed by atoms with Crippen molar-refractivity contribution in [3.05, 3.63) is 88.8 Å². The molecule has 2 bridgehead atoms. The zero-order valence-corrected chi connectivity index (χ0v) is 20.1. The molecule has 1 fully saturated rings. The van der Waals surface area contributed by atoms with Gasteiger partial charge in [0.05, 0.1) is 29.9 Å². The summed E-state index contributed by atoms with van der Waals surface area (Å²) < 4.78 is 91.9. The molecule has 6 nitrogen and oxygen atoms in total. The van der Waals surface area contributed by atoms with Crippen LogP contribution in [0.15, 0.2) is 60.4 Å². The van der Waals surface area contributed by atoms with Gasteiger partial charge < -0.3 is 15.6 Å². The Labute approximate surface area is 217 Å². The molecule has 7 rings (SSSR count). The maximum Gasteiger partial charge on any atom is 0.419 e. The Morgan fingerprint density at radius 3 is 2.33 bits per heavy atom. The van der Waals surface area contributed by atoms with E-state index < -0.39 is 40.2 Å². The maximum atomic E-state index is 15.2. The summed E-state index contributed by atoms with van der Waals surface area (Å²) in [6.45, 7) is 0.139. The Morgan fingerprint density at radius 2 is 1.72 bits per heavy atom. The summed E-state index contributed by atoms with van der Waals surface area (Å²) >= 11 is 0. The Hall–Kier alpha value is -3.90. The zero-order valence-electron chi connectivity index (χ0n) is 20.1. The molecule has 1 saturated carbocycles. The minimum atomic E-state index is -5.12. The van der Waals surface area contributed by atoms with Crippen LogP contribution in [0, 0.1) is 5.82 Å². The van der Waals surface area contributed by atoms with Crippen LogP contribution in [0.5, 0.6) is 0 Å². The molecular weight excluding hydrogens is 526 g/mol. The highest BCUT2D eigenvalue weighted by Gasteiger charge is 2.47. The van der Waals surface area contributed by atoms with E-state index in [1.165, 1.54) is 18.3 Å². The maximum absolute atomic E-state index is 15.2. The number of aliphatic hydroxyl groups is 1. The number of anilines is 1. The van der Waals surface area contributed by atoms with Crippen molar-refractivity contribution in [2.24, 2.45) is 0 Å². The topological polar surface area (TPSA) is 85.7 Å². The highest BCUT2D eigenvalue weighted by molar-refractivity contribution is 5.88. The second kappa shape index (κ2) is 8.55. The van der Waals surface area contributed by atoms with Gasteiger partial charge in [0.25, 0.3) is 0 Å². The molecule has 2 aromatic heterocycles. The summed E-state index contributed by atoms with van der Waals surface area (Å²) in [6.07, 6.45) is -0.819. The van der Waals surface area contributed by atoms with Gasteiger partial charge in [0.1, 0.15) is 28.7 Å². The van der Waals surface area contributed by atoms with Gasteiger partial charge in [-0.25, -0.2) is 14.4 Å². The number of aromatic nitrogens is 3. The van der Waals surface area contributed by atoms with Crippen molar-refractivity contribution in [1.82, 2.24) is 14.4 Å². The van der Waals surface area contributed by atoms with Crippen LogP contribution in [-0.4, -0.2) is 38.3 Å². The summed E-state index contributed by atoms with van der Waals surface area (Å²) in [5.74, 6) is -5.38. The standard InChI is InChI=1S/C27H20F6N4O2/c28-20-18(2-1-3-19(20)27(31,32)33)26(29,30)16-6-4-14(5-7-16)21-22-23(34)35-8-9-37(22)24(36-21)17-12-39-25(13-38)10-15(17)11-25/h1-9,38H,10-13H2,(H2,34,35). The van der Waals surface area contributed by atoms with E-state index in [2.05, 4.69) is 4.98 Å². The average molecular weight is 546 g/mol. The van der Waals surface area contributed by atoms with Crippen molar-refractivity contribution < 1.29 is 36.2 Å². The molecule has 0 saturated heterocycles. The van der Waals surface area contributed by atoms with Gasteiger partial charge in [-0.2, -0.15) is 22.0 Å². The van der Waals surface area contributed by atoms with E-state index in [0.717, 1.165) is 29.3 Å². The number of alkyl halides is 5. The lowest BCUT2D eigenvalue weighted by molar-refractivity contribution is -0.140. The van der Waals surface area contributed by atoms with Gasteiger partial charge in [0.2, 0.25) is 0 Å². The first-order chi connectivity index (χ1) is 18.4. The summed E-state index contributed by atoms with van der Waals surface area (Å²) in [7, 11) is 0. The number of rotatable bonds is 5. The van der Waals surface area contributed by atoms with Crippen LogP contribution in [-0.2, 0) is 16.8 Å². The van der Waals surface area contributed by atoms with E-state index in [1.807, 2.05) is 0 Å². The third-order valence-electron chi connectivity index (χ3n) is 7.33. The van der Waals surface area contributed by atoms with Gasteiger partial charge in [-0.05, 0) is 12.1 Å². The fourth-order valence-corrected chi connectivity index (χ4v) is 5.21. The number of hydrogen-bond acceptors (Lipinski definition) is 5. The van der Waals surface area contributed by atoms with Gasteiger partial charge >= 0.3 is 12.1 Å². The minimum Gasteiger partial charge on any atom is -0.393 e. The molecule has 3 aliphatic rings. The van der Waals surface area contributed by atoms with Crippen LogP contribution in [0.2, 0.25) is 0 Å². The Morgan fingerprint density at radius 1 is 1.03 bits per heavy atom. The predicted octanol–water partition coefficient (Wildman–Crippen LogP) is 5.59. The van der Waals surface area contributed by atoms with Crippen LogP contribution < -0.4 is 5.73 Å². The number of ether oxygens (including phenoxy) is 1. The number of aliphatic hydroxyl groups excluding tert-OH is 1. The molecule has 3 N–H and O–H groups in total. The monoisotopic (exact) mass is 546 g/mol. The SMILES string of the molecule is Nc1nccn2c(C3=C4CC(CO)(C4)OC3)nc(-c3ccc(C(F)(F)c4cccc(C(F)(F)F)c4F)cc3)c12. The second-order valence-corrected chi connectivity index (χ2v) is 9.70. The summed E-state index contributed by atoms with van der Waals surface area (Å²) in [4.78, 5) is 8.86. The Kier molecular flexibility index (Phi) is 5.57. The van der Waals surface area contributed by atoms with Crippen LogP contribution in [0.25, 0.3) is 22.3 Å². The molecular formula is C27H20F6N4O2. The lowest BCUT2D eigenvalue weighted by Gasteiger charge is -2.47. The predicted molar refractivity (Wildman–Crippen MR) is 129 cm³/mol. The van der Waals surface area contributed by atoms with Crippen molar-refractivity contribution in [3.8, 4) is 11.3 Å². The summed E-state index contributed by atoms with van der Waals surface area (Å²) in [5, 5.41) is 9.61. The van der Waals surface area contributed by atoms with Crippen LogP contribution in [0.1, 0.15) is 35.4 Å². The number of imidazole rings is 1. The average Bonchev–Trinajstić information content (AvgIpc) is 3.28. The quantitative estimate of drug-likeness (QED) is 0.319. The first-order valence-corrected chi connectivity index (χ1v) is 11.9. The largest absolute Gasteiger partial charge is 0.419 e. The summed E-state index contributed by atoms with van der Waals surface area (Å²) in [6, 6.07) is 6.46. The minimum absolute atomic E-state index is 0.0877. The fourth-order valence-electron chi connectivity index (χ4n) is 5.21. The van der Waals surface area contributed by atoms with E-state index >= 15 is 8.78 Å². The number of benzene rings is 2. The molecule has 12 heteroatoms. The van der Waals surface area contributed by atoms with Crippen molar-refractivity contribution >= 4 is 16.9 Å². The van der Waals surface area contributed by atoms with Gasteiger partial charge in [-0.1, -0.05) is 35.9 Å². The van der Waals surface area contributed by atoms with Crippen LogP contribution in [0.3, 0.4) is 0 Å². The molecule has 0 amide bonds. The van der Waals surface area contributed by atoms with Gasteiger partial charge in [-0.3, -0.25) is 4.40 Å². The van der Waals surface area contributed by atoms with E-state index in [-0.39, 0.29) is 19.0 Å². The van der Waals surface area contributed by atoms with E-state index in [1.54, 1.807) is 10.6 Å². The molecule has 0 unspecified atom stereocenters. The fraction of sp³-hybridized carbons (Fsp3) is 0.259. The molecule has 1 aliphatic carbocycles. The zero-order chi connectivity index (χ0) is 27.7. The molecule has 39 heavy (non-hydrogen) atoms. The molecule has 0 radical (unpaired) electrons. The van der Waals surface area contributed by atoms with Crippen molar-refractivity contribution in [2.45, 2.75) is 30.5 Å². The molecule has 2 aliphatic heterocycles. The van der Waals surface area contributed by atoms with Crippen LogP contribution >= 0.6 is 0 Å². The number of nitrogens with two attached hydrogens (primary N) is 1. The van der Waals surface area contributed by atoms with E-state index in [9.17, 15) is 22.7 Å². The molecule has 0 atom stereocenters. The van der Waals surface area contributed by atoms with Crippen molar-refractivity contribution in [2.75, 3.05) is 18.9 Å². The lowest BCUT2D eigenvalue weighted by Crippen LogP contribution is -2.49. The highest BCUT2D eigenvalue weighted by Crippen LogP contribution is 2.49. The number of halogens is 6. The van der Waals surface area contributed by atoms with Crippen LogP contribution in [0.4, 0.5) is 32.2 Å². The van der Waals surface area contributed by atoms with Gasteiger partial charge in [0, 0.05) is 41.9 Å². The number of fused-ring (bicyclic) bond motifs is 3.